The lowest BCUT2D eigenvalue weighted by atomic mass is 9.99. The molecule has 0 aliphatic carbocycles. The Morgan fingerprint density at radius 2 is 1.69 bits per heavy atom. The van der Waals surface area contributed by atoms with E-state index in [-0.39, 0.29) is 0 Å². The number of piperidine rings is 1. The van der Waals surface area contributed by atoms with Crippen molar-refractivity contribution in [3.63, 3.8) is 0 Å². The van der Waals surface area contributed by atoms with Gasteiger partial charge >= 0.3 is 0 Å². The maximum absolute atomic E-state index is 13.4. The number of sulfonamides is 1. The van der Waals surface area contributed by atoms with Crippen molar-refractivity contribution in [3.05, 3.63) is 52.9 Å². The average Bonchev–Trinajstić information content (AvgIpc) is 3.08. The minimum Gasteiger partial charge on any atom is -0.494 e. The van der Waals surface area contributed by atoms with Gasteiger partial charge in [0.05, 0.1) is 40.0 Å². The van der Waals surface area contributed by atoms with Crippen LogP contribution >= 0.6 is 23.1 Å². The second-order valence-corrected chi connectivity index (χ2v) is 18.8. The van der Waals surface area contributed by atoms with Gasteiger partial charge < -0.3 is 24.8 Å². The number of halogens is 1. The van der Waals surface area contributed by atoms with Gasteiger partial charge in [-0.25, -0.2) is 13.4 Å². The Hall–Kier alpha value is -3.36. The van der Waals surface area contributed by atoms with E-state index in [2.05, 4.69) is 70.4 Å². The highest BCUT2D eigenvalue weighted by atomic mass is 79.9. The lowest BCUT2D eigenvalue weighted by Crippen LogP contribution is -2.54. The van der Waals surface area contributed by atoms with Crippen LogP contribution in [0.25, 0.3) is 11.0 Å². The van der Waals surface area contributed by atoms with Gasteiger partial charge in [-0.1, -0.05) is 6.92 Å². The molecule has 16 heteroatoms. The molecule has 0 atom stereocenters. The number of hydrogen-bond donors (Lipinski definition) is 2. The second kappa shape index (κ2) is 14.5. The van der Waals surface area contributed by atoms with Crippen molar-refractivity contribution < 1.29 is 17.7 Å². The van der Waals surface area contributed by atoms with Gasteiger partial charge in [0.25, 0.3) is 0 Å². The van der Waals surface area contributed by atoms with E-state index in [1.165, 1.54) is 11.8 Å². The van der Waals surface area contributed by atoms with Gasteiger partial charge in [-0.3, -0.25) is 14.9 Å². The van der Waals surface area contributed by atoms with Crippen LogP contribution in [0.2, 0.25) is 0 Å². The maximum atomic E-state index is 13.4. The van der Waals surface area contributed by atoms with Crippen LogP contribution in [0.1, 0.15) is 25.3 Å². The zero-order chi connectivity index (χ0) is 34.9. The minimum absolute atomic E-state index is 0.369. The topological polar surface area (TPSA) is 146 Å². The number of aryl methyl sites for hydroxylation is 1. The summed E-state index contributed by atoms with van der Waals surface area (Å²) in [6.45, 7) is 10.1. The molecule has 2 aromatic carbocycles. The SMILES string of the molecule is CCc1cc(Nc2ncc(Br)c(Nc3ccc4nccnc4c3P(C)(C)=O)n2)c(OC)cc1N1CCC(N2CCN(S(C)(=O)=O)CC2)CC1. The molecule has 6 rings (SSSR count). The molecule has 0 saturated carbocycles. The fourth-order valence-electron chi connectivity index (χ4n) is 6.76. The minimum atomic E-state index is -3.14. The number of fused-ring (bicyclic) bond motifs is 1. The predicted octanol–water partition coefficient (Wildman–Crippen LogP) is 5.03. The van der Waals surface area contributed by atoms with Crippen molar-refractivity contribution in [1.82, 2.24) is 29.1 Å². The molecule has 0 spiro atoms. The summed E-state index contributed by atoms with van der Waals surface area (Å²) in [6, 6.07) is 8.34. The van der Waals surface area contributed by atoms with Crippen LogP contribution < -0.4 is 25.6 Å². The number of nitrogens with one attached hydrogen (secondary N) is 2. The van der Waals surface area contributed by atoms with E-state index in [1.807, 2.05) is 12.1 Å². The van der Waals surface area contributed by atoms with E-state index < -0.39 is 17.2 Å². The quantitative estimate of drug-likeness (QED) is 0.209. The van der Waals surface area contributed by atoms with E-state index >= 15 is 0 Å². The Kier molecular flexibility index (Phi) is 10.5. The number of methoxy groups -OCH3 is 1. The Morgan fingerprint density at radius 3 is 2.35 bits per heavy atom. The van der Waals surface area contributed by atoms with E-state index in [4.69, 9.17) is 9.72 Å². The van der Waals surface area contributed by atoms with E-state index in [0.717, 1.165) is 56.8 Å². The number of hydrogen-bond acceptors (Lipinski definition) is 12. The molecule has 262 valence electrons. The van der Waals surface area contributed by atoms with Crippen LogP contribution in [-0.2, 0) is 21.0 Å². The van der Waals surface area contributed by atoms with Crippen molar-refractivity contribution in [3.8, 4) is 5.75 Å². The van der Waals surface area contributed by atoms with Gasteiger partial charge in [0.2, 0.25) is 16.0 Å². The maximum Gasteiger partial charge on any atom is 0.229 e. The molecule has 4 heterocycles. The Bertz CT molecular complexity index is 2000. The largest absolute Gasteiger partial charge is 0.494 e. The normalized spacial score (nSPS) is 17.0. The molecule has 2 aliphatic heterocycles. The first kappa shape index (κ1) is 35.5. The van der Waals surface area contributed by atoms with Gasteiger partial charge in [-0.05, 0) is 72.3 Å². The summed E-state index contributed by atoms with van der Waals surface area (Å²) >= 11 is 3.57. The number of rotatable bonds is 10. The molecule has 2 N–H and O–H groups in total. The third-order valence-electron chi connectivity index (χ3n) is 9.24. The zero-order valence-electron chi connectivity index (χ0n) is 28.5. The van der Waals surface area contributed by atoms with Crippen LogP contribution in [0.3, 0.4) is 0 Å². The summed E-state index contributed by atoms with van der Waals surface area (Å²) in [5.41, 5.74) is 5.00. The molecular weight excluding hydrogens is 729 g/mol. The van der Waals surface area contributed by atoms with Gasteiger partial charge in [0, 0.05) is 75.7 Å². The van der Waals surface area contributed by atoms with Crippen molar-refractivity contribution in [2.45, 2.75) is 32.2 Å². The van der Waals surface area contributed by atoms with E-state index in [0.29, 0.717) is 63.1 Å². The molecule has 0 unspecified atom stereocenters. The Morgan fingerprint density at radius 1 is 0.980 bits per heavy atom. The summed E-state index contributed by atoms with van der Waals surface area (Å²) in [6.07, 6.45) is 9.05. The smallest absolute Gasteiger partial charge is 0.229 e. The standard InChI is InChI=1S/C33H43BrN9O4PS/c1-6-22-19-27(29(47-2)20-28(22)42-13-9-23(10-14-42)41-15-17-43(18-16-41)49(5,45)46)39-33-37-21-24(34)32(40-33)38-26-8-7-25-30(36-12-11-35-25)31(26)48(3,4)44/h7-8,11-12,19-21,23H,6,9-10,13-18H2,1-5H3,(H2,37,38,39,40). The monoisotopic (exact) mass is 771 g/mol. The number of anilines is 5. The highest BCUT2D eigenvalue weighted by Crippen LogP contribution is 2.42. The first-order valence-electron chi connectivity index (χ1n) is 16.4. The Labute approximate surface area is 296 Å². The molecule has 0 radical (unpaired) electrons. The molecule has 2 aromatic heterocycles. The number of ether oxygens (including phenoxy) is 1. The van der Waals surface area contributed by atoms with Gasteiger partial charge in [-0.15, -0.1) is 0 Å². The van der Waals surface area contributed by atoms with Crippen LogP contribution in [0.15, 0.2) is 47.3 Å². The van der Waals surface area contributed by atoms with Gasteiger partial charge in [-0.2, -0.15) is 9.29 Å². The molecular formula is C33H43BrN9O4PS. The number of nitrogens with zero attached hydrogens (tertiary/aromatic N) is 7. The lowest BCUT2D eigenvalue weighted by Gasteiger charge is -2.43. The van der Waals surface area contributed by atoms with Crippen molar-refractivity contribution in [1.29, 1.82) is 0 Å². The summed E-state index contributed by atoms with van der Waals surface area (Å²) in [5.74, 6) is 1.55. The third-order valence-corrected chi connectivity index (χ3v) is 12.7. The molecule has 2 saturated heterocycles. The molecule has 49 heavy (non-hydrogen) atoms. The van der Waals surface area contributed by atoms with E-state index in [9.17, 15) is 13.0 Å². The van der Waals surface area contributed by atoms with Gasteiger partial charge in [0.15, 0.2) is 0 Å². The van der Waals surface area contributed by atoms with Crippen molar-refractivity contribution in [2.24, 2.45) is 0 Å². The molecule has 0 bridgehead atoms. The second-order valence-electron chi connectivity index (χ2n) is 12.8. The van der Waals surface area contributed by atoms with Gasteiger partial charge in [0.1, 0.15) is 24.2 Å². The first-order chi connectivity index (χ1) is 23.4. The van der Waals surface area contributed by atoms with Crippen LogP contribution in [0, 0.1) is 0 Å². The summed E-state index contributed by atoms with van der Waals surface area (Å²) in [4.78, 5) is 23.0. The zero-order valence-corrected chi connectivity index (χ0v) is 31.8. The van der Waals surface area contributed by atoms with Crippen LogP contribution in [0.4, 0.5) is 28.8 Å². The van der Waals surface area contributed by atoms with E-state index in [1.54, 1.807) is 43.3 Å². The lowest BCUT2D eigenvalue weighted by molar-refractivity contribution is 0.120. The van der Waals surface area contributed by atoms with Crippen LogP contribution in [-0.4, -0.2) is 110 Å². The number of benzene rings is 2. The highest BCUT2D eigenvalue weighted by Gasteiger charge is 2.31. The van der Waals surface area contributed by atoms with Crippen LogP contribution in [0.5, 0.6) is 5.75 Å². The molecule has 4 aromatic rings. The molecule has 13 nitrogen and oxygen atoms in total. The fourth-order valence-corrected chi connectivity index (χ4v) is 9.27. The summed E-state index contributed by atoms with van der Waals surface area (Å²) < 4.78 is 45.4. The van der Waals surface area contributed by atoms with Crippen molar-refractivity contribution >= 4 is 78.3 Å². The Balaban J connectivity index is 1.19. The molecule has 0 amide bonds. The number of aromatic nitrogens is 4. The summed E-state index contributed by atoms with van der Waals surface area (Å²) in [7, 11) is -4.24. The highest BCUT2D eigenvalue weighted by molar-refractivity contribution is 9.10. The average molecular weight is 773 g/mol. The predicted molar refractivity (Wildman–Crippen MR) is 201 cm³/mol. The first-order valence-corrected chi connectivity index (χ1v) is 21.6. The number of piperazine rings is 1. The molecule has 2 aliphatic rings. The fraction of sp³-hybridized carbons (Fsp3) is 0.455. The molecule has 2 fully saturated rings. The van der Waals surface area contributed by atoms with Crippen molar-refractivity contribution in [2.75, 3.05) is 81.5 Å². The third kappa shape index (κ3) is 7.86. The summed E-state index contributed by atoms with van der Waals surface area (Å²) in [5, 5.41) is 7.33.